The predicted molar refractivity (Wildman–Crippen MR) is 127 cm³/mol. The van der Waals surface area contributed by atoms with Gasteiger partial charge in [-0.25, -0.2) is 0 Å². The first-order chi connectivity index (χ1) is 14.3. The Morgan fingerprint density at radius 1 is 1.07 bits per heavy atom. The number of nitrogens with zero attached hydrogens (tertiary/aromatic N) is 1. The largest absolute Gasteiger partial charge is 0.354 e. The van der Waals surface area contributed by atoms with Crippen LogP contribution in [0.15, 0.2) is 42.5 Å². The van der Waals surface area contributed by atoms with Crippen molar-refractivity contribution in [2.45, 2.75) is 38.6 Å². The smallest absolute Gasteiger partial charge is 0.242 e. The fourth-order valence-corrected chi connectivity index (χ4v) is 4.17. The van der Waals surface area contributed by atoms with Crippen LogP contribution in [0.3, 0.4) is 0 Å². The van der Waals surface area contributed by atoms with Gasteiger partial charge in [-0.3, -0.25) is 9.59 Å². The van der Waals surface area contributed by atoms with Gasteiger partial charge in [0.05, 0.1) is 15.8 Å². The molecule has 0 unspecified atom stereocenters. The highest BCUT2D eigenvalue weighted by Crippen LogP contribution is 2.25. The lowest BCUT2D eigenvalue weighted by Gasteiger charge is -2.28. The van der Waals surface area contributed by atoms with Gasteiger partial charge < -0.3 is 10.2 Å². The fraction of sp³-hybridized carbons (Fsp3) is 0.364. The molecular formula is C22H25Cl3N2O2S. The average molecular weight is 488 g/mol. The van der Waals surface area contributed by atoms with Crippen LogP contribution >= 0.6 is 46.6 Å². The van der Waals surface area contributed by atoms with Crippen LogP contribution < -0.4 is 5.32 Å². The van der Waals surface area contributed by atoms with E-state index < -0.39 is 6.04 Å². The molecule has 0 saturated carbocycles. The van der Waals surface area contributed by atoms with Crippen molar-refractivity contribution in [2.24, 2.45) is 0 Å². The highest BCUT2D eigenvalue weighted by molar-refractivity contribution is 7.99. The van der Waals surface area contributed by atoms with Gasteiger partial charge in [0, 0.05) is 23.9 Å². The summed E-state index contributed by atoms with van der Waals surface area (Å²) in [6.45, 7) is 4.62. The number of hydrogen-bond donors (Lipinski definition) is 1. The average Bonchev–Trinajstić information content (AvgIpc) is 2.72. The molecule has 2 amide bonds. The Bertz CT molecular complexity index is 879. The van der Waals surface area contributed by atoms with E-state index in [4.69, 9.17) is 34.8 Å². The van der Waals surface area contributed by atoms with Crippen molar-refractivity contribution in [3.05, 3.63) is 68.7 Å². The second-order valence-electron chi connectivity index (χ2n) is 6.86. The standard InChI is InChI=1S/C22H25Cl3N2O2S/c1-3-9-26-22(29)15(2)27(12-16-5-4-6-18(23)10-16)21(28)14-30-13-17-7-8-19(24)20(25)11-17/h4-8,10-11,15H,3,9,12-14H2,1-2H3,(H,26,29)/t15-/m0/s1. The fourth-order valence-electron chi connectivity index (χ4n) is 2.78. The summed E-state index contributed by atoms with van der Waals surface area (Å²) in [5, 5.41) is 4.45. The van der Waals surface area contributed by atoms with Gasteiger partial charge in [0.25, 0.3) is 0 Å². The molecule has 2 aromatic rings. The minimum Gasteiger partial charge on any atom is -0.354 e. The minimum atomic E-state index is -0.589. The van der Waals surface area contributed by atoms with Crippen LogP contribution in [-0.4, -0.2) is 35.1 Å². The van der Waals surface area contributed by atoms with Crippen LogP contribution in [0.4, 0.5) is 0 Å². The minimum absolute atomic E-state index is 0.112. The van der Waals surface area contributed by atoms with Crippen molar-refractivity contribution in [1.82, 2.24) is 10.2 Å². The van der Waals surface area contributed by atoms with Crippen LogP contribution in [0.25, 0.3) is 0 Å². The van der Waals surface area contributed by atoms with Gasteiger partial charge in [0.1, 0.15) is 6.04 Å². The Labute approximate surface area is 197 Å². The zero-order valence-electron chi connectivity index (χ0n) is 17.0. The summed E-state index contributed by atoms with van der Waals surface area (Å²) in [6, 6.07) is 12.2. The number of nitrogens with one attached hydrogen (secondary N) is 1. The number of benzene rings is 2. The number of amides is 2. The van der Waals surface area contributed by atoms with Crippen molar-refractivity contribution >= 4 is 58.4 Å². The van der Waals surface area contributed by atoms with Crippen LogP contribution in [0.1, 0.15) is 31.4 Å². The molecule has 2 rings (SSSR count). The first-order valence-electron chi connectivity index (χ1n) is 9.65. The lowest BCUT2D eigenvalue weighted by Crippen LogP contribution is -2.48. The summed E-state index contributed by atoms with van der Waals surface area (Å²) < 4.78 is 0. The molecule has 8 heteroatoms. The van der Waals surface area contributed by atoms with Crippen molar-refractivity contribution < 1.29 is 9.59 Å². The molecule has 4 nitrogen and oxygen atoms in total. The summed E-state index contributed by atoms with van der Waals surface area (Å²) in [5.74, 6) is 0.580. The van der Waals surface area contributed by atoms with Crippen molar-refractivity contribution in [1.29, 1.82) is 0 Å². The van der Waals surface area contributed by atoms with E-state index in [1.54, 1.807) is 36.1 Å². The number of halogens is 3. The summed E-state index contributed by atoms with van der Waals surface area (Å²) in [4.78, 5) is 27.1. The first kappa shape index (κ1) is 24.9. The SMILES string of the molecule is CCCNC(=O)[C@H](C)N(Cc1cccc(Cl)c1)C(=O)CSCc1ccc(Cl)c(Cl)c1. The molecule has 1 atom stereocenters. The van der Waals surface area contributed by atoms with Crippen molar-refractivity contribution in [3.8, 4) is 0 Å². The summed E-state index contributed by atoms with van der Waals surface area (Å²) in [5.41, 5.74) is 1.86. The summed E-state index contributed by atoms with van der Waals surface area (Å²) >= 11 is 19.6. The van der Waals surface area contributed by atoms with Crippen molar-refractivity contribution in [2.75, 3.05) is 12.3 Å². The molecule has 1 N–H and O–H groups in total. The number of carbonyl (C=O) groups is 2. The third-order valence-electron chi connectivity index (χ3n) is 4.44. The van der Waals surface area contributed by atoms with Gasteiger partial charge in [-0.1, -0.05) is 59.9 Å². The van der Waals surface area contributed by atoms with Crippen LogP contribution in [0, 0.1) is 0 Å². The van der Waals surface area contributed by atoms with E-state index in [1.165, 1.54) is 11.8 Å². The zero-order chi connectivity index (χ0) is 22.1. The molecule has 30 heavy (non-hydrogen) atoms. The molecule has 2 aromatic carbocycles. The third kappa shape index (κ3) is 7.69. The molecule has 0 spiro atoms. The highest BCUT2D eigenvalue weighted by atomic mass is 35.5. The van der Waals surface area contributed by atoms with Crippen LogP contribution in [0.2, 0.25) is 15.1 Å². The predicted octanol–water partition coefficient (Wildman–Crippen LogP) is 5.82. The molecule has 162 valence electrons. The van der Waals surface area contributed by atoms with Gasteiger partial charge in [0.2, 0.25) is 11.8 Å². The second-order valence-corrected chi connectivity index (χ2v) is 9.10. The quantitative estimate of drug-likeness (QED) is 0.459. The Kier molecular flexibility index (Phi) is 10.3. The van der Waals surface area contributed by atoms with E-state index in [2.05, 4.69) is 5.32 Å². The van der Waals surface area contributed by atoms with E-state index in [1.807, 2.05) is 25.1 Å². The lowest BCUT2D eigenvalue weighted by molar-refractivity contribution is -0.138. The molecule has 0 aliphatic heterocycles. The van der Waals surface area contributed by atoms with Gasteiger partial charge in [0.15, 0.2) is 0 Å². The summed E-state index contributed by atoms with van der Waals surface area (Å²) in [6.07, 6.45) is 0.834. The van der Waals surface area contributed by atoms with E-state index in [-0.39, 0.29) is 17.6 Å². The zero-order valence-corrected chi connectivity index (χ0v) is 20.0. The normalized spacial score (nSPS) is 11.8. The van der Waals surface area contributed by atoms with E-state index in [0.717, 1.165) is 17.5 Å². The monoisotopic (exact) mass is 486 g/mol. The Balaban J connectivity index is 2.06. The van der Waals surface area contributed by atoms with E-state index in [9.17, 15) is 9.59 Å². The van der Waals surface area contributed by atoms with Gasteiger partial charge in [-0.05, 0) is 48.7 Å². The van der Waals surface area contributed by atoms with Gasteiger partial charge in [-0.15, -0.1) is 11.8 Å². The van der Waals surface area contributed by atoms with Crippen LogP contribution in [-0.2, 0) is 21.9 Å². The topological polar surface area (TPSA) is 49.4 Å². The molecule has 0 fully saturated rings. The Morgan fingerprint density at radius 3 is 2.50 bits per heavy atom. The number of hydrogen-bond acceptors (Lipinski definition) is 3. The molecule has 0 aliphatic rings. The van der Waals surface area contributed by atoms with Crippen LogP contribution in [0.5, 0.6) is 0 Å². The Hall–Kier alpha value is -1.40. The van der Waals surface area contributed by atoms with E-state index >= 15 is 0 Å². The van der Waals surface area contributed by atoms with Gasteiger partial charge in [-0.2, -0.15) is 0 Å². The maximum absolute atomic E-state index is 13.0. The molecule has 0 saturated heterocycles. The van der Waals surface area contributed by atoms with E-state index in [0.29, 0.717) is 33.9 Å². The molecular weight excluding hydrogens is 463 g/mol. The number of thioether (sulfide) groups is 1. The summed E-state index contributed by atoms with van der Waals surface area (Å²) in [7, 11) is 0. The third-order valence-corrected chi connectivity index (χ3v) is 6.40. The molecule has 0 heterocycles. The molecule has 0 aromatic heterocycles. The van der Waals surface area contributed by atoms with Gasteiger partial charge >= 0.3 is 0 Å². The molecule has 0 bridgehead atoms. The molecule has 0 radical (unpaired) electrons. The first-order valence-corrected chi connectivity index (χ1v) is 11.9. The maximum atomic E-state index is 13.0. The number of rotatable bonds is 10. The second kappa shape index (κ2) is 12.5. The Morgan fingerprint density at radius 2 is 1.83 bits per heavy atom. The number of carbonyl (C=O) groups excluding carboxylic acids is 2. The lowest BCUT2D eigenvalue weighted by atomic mass is 10.1. The highest BCUT2D eigenvalue weighted by Gasteiger charge is 2.25. The molecule has 0 aliphatic carbocycles. The van der Waals surface area contributed by atoms with Crippen molar-refractivity contribution in [3.63, 3.8) is 0 Å². The maximum Gasteiger partial charge on any atom is 0.242 e.